The number of furan rings is 1. The Morgan fingerprint density at radius 1 is 1.40 bits per heavy atom. The van der Waals surface area contributed by atoms with Crippen molar-refractivity contribution in [3.63, 3.8) is 0 Å². The van der Waals surface area contributed by atoms with Crippen LogP contribution in [0.2, 0.25) is 0 Å². The molecule has 0 radical (unpaired) electrons. The van der Waals surface area contributed by atoms with Crippen molar-refractivity contribution in [1.82, 2.24) is 10.2 Å². The summed E-state index contributed by atoms with van der Waals surface area (Å²) in [5, 5.41) is 13.6. The van der Waals surface area contributed by atoms with Crippen molar-refractivity contribution in [2.24, 2.45) is 11.3 Å². The molecule has 2 amide bonds. The number of carboxylic acids is 1. The van der Waals surface area contributed by atoms with Gasteiger partial charge >= 0.3 is 12.0 Å². The van der Waals surface area contributed by atoms with E-state index in [1.54, 1.807) is 4.90 Å². The van der Waals surface area contributed by atoms with Crippen LogP contribution in [0.3, 0.4) is 0 Å². The number of amides is 2. The van der Waals surface area contributed by atoms with E-state index in [9.17, 15) is 14.7 Å². The number of aliphatic carboxylic acids is 1. The molecule has 1 saturated carbocycles. The summed E-state index contributed by atoms with van der Waals surface area (Å²) >= 11 is 0. The topological polar surface area (TPSA) is 82.8 Å². The van der Waals surface area contributed by atoms with Crippen LogP contribution in [-0.2, 0) is 4.79 Å². The van der Waals surface area contributed by atoms with Crippen molar-refractivity contribution in [1.29, 1.82) is 0 Å². The number of rotatable bonds is 3. The Balaban J connectivity index is 1.46. The molecule has 2 heterocycles. The zero-order valence-corrected chi connectivity index (χ0v) is 14.2. The number of urea groups is 1. The number of carbonyl (C=O) groups excluding carboxylic acids is 1. The molecule has 0 bridgehead atoms. The van der Waals surface area contributed by atoms with Crippen molar-refractivity contribution in [3.05, 3.63) is 36.1 Å². The van der Waals surface area contributed by atoms with Crippen LogP contribution in [0.1, 0.15) is 38.0 Å². The molecule has 1 unspecified atom stereocenters. The number of carbonyl (C=O) groups is 2. The molecular weight excluding hydrogens is 320 g/mol. The first-order valence-electron chi connectivity index (χ1n) is 8.77. The van der Waals surface area contributed by atoms with Gasteiger partial charge in [-0.3, -0.25) is 4.79 Å². The second-order valence-corrected chi connectivity index (χ2v) is 7.29. The molecule has 25 heavy (non-hydrogen) atoms. The Morgan fingerprint density at radius 2 is 2.20 bits per heavy atom. The number of hydrogen-bond acceptors (Lipinski definition) is 3. The fraction of sp³-hybridized carbons (Fsp3) is 0.474. The Hall–Kier alpha value is -2.50. The normalized spacial score (nSPS) is 26.6. The molecular formula is C19H22N2O4. The second kappa shape index (κ2) is 5.79. The van der Waals surface area contributed by atoms with Gasteiger partial charge in [-0.15, -0.1) is 0 Å². The van der Waals surface area contributed by atoms with E-state index in [0.29, 0.717) is 25.3 Å². The minimum Gasteiger partial charge on any atom is -0.481 e. The number of carboxylic acid groups (broad SMARTS) is 1. The number of fused-ring (bicyclic) bond motifs is 2. The van der Waals surface area contributed by atoms with E-state index in [1.165, 1.54) is 0 Å². The summed E-state index contributed by atoms with van der Waals surface area (Å²) in [6.45, 7) is 2.69. The van der Waals surface area contributed by atoms with E-state index in [4.69, 9.17) is 4.42 Å². The summed E-state index contributed by atoms with van der Waals surface area (Å²) < 4.78 is 5.80. The largest absolute Gasteiger partial charge is 0.481 e. The summed E-state index contributed by atoms with van der Waals surface area (Å²) in [5.74, 6) is -0.00483. The maximum Gasteiger partial charge on any atom is 0.318 e. The molecule has 1 aliphatic heterocycles. The summed E-state index contributed by atoms with van der Waals surface area (Å²) in [4.78, 5) is 26.0. The van der Waals surface area contributed by atoms with Gasteiger partial charge in [-0.05, 0) is 37.8 Å². The predicted molar refractivity (Wildman–Crippen MR) is 92.1 cm³/mol. The van der Waals surface area contributed by atoms with Crippen LogP contribution < -0.4 is 5.32 Å². The molecule has 1 saturated heterocycles. The second-order valence-electron chi connectivity index (χ2n) is 7.29. The molecule has 6 heteroatoms. The molecule has 3 atom stereocenters. The number of para-hydroxylation sites is 1. The summed E-state index contributed by atoms with van der Waals surface area (Å²) in [5.41, 5.74) is 0.0408. The third-order valence-corrected chi connectivity index (χ3v) is 5.80. The summed E-state index contributed by atoms with van der Waals surface area (Å²) in [6.07, 6.45) is 2.48. The van der Waals surface area contributed by atoms with Gasteiger partial charge in [0.2, 0.25) is 0 Å². The third-order valence-electron chi connectivity index (χ3n) is 5.80. The first-order chi connectivity index (χ1) is 12.0. The van der Waals surface area contributed by atoms with Gasteiger partial charge in [-0.2, -0.15) is 0 Å². The van der Waals surface area contributed by atoms with Gasteiger partial charge in [-0.25, -0.2) is 4.79 Å². The highest BCUT2D eigenvalue weighted by molar-refractivity contribution is 5.81. The van der Waals surface area contributed by atoms with Crippen molar-refractivity contribution < 1.29 is 19.1 Å². The van der Waals surface area contributed by atoms with Crippen LogP contribution in [0.15, 0.2) is 34.7 Å². The first-order valence-corrected chi connectivity index (χ1v) is 8.77. The predicted octanol–water partition coefficient (Wildman–Crippen LogP) is 3.39. The molecule has 0 spiro atoms. The van der Waals surface area contributed by atoms with Crippen molar-refractivity contribution in [2.75, 3.05) is 13.1 Å². The Bertz CT molecular complexity index is 797. The van der Waals surface area contributed by atoms with Crippen molar-refractivity contribution in [3.8, 4) is 0 Å². The lowest BCUT2D eigenvalue weighted by Gasteiger charge is -2.24. The SMILES string of the molecule is CC(NC(=O)N1C[C@@H]2CCC[C@@]2(C(=O)O)C1)c1cc2ccccc2o1. The average Bonchev–Trinajstić information content (AvgIpc) is 3.26. The van der Waals surface area contributed by atoms with Crippen LogP contribution in [-0.4, -0.2) is 35.1 Å². The minimum absolute atomic E-state index is 0.0669. The fourth-order valence-electron chi connectivity index (χ4n) is 4.36. The summed E-state index contributed by atoms with van der Waals surface area (Å²) in [6, 6.07) is 9.15. The molecule has 1 aliphatic carbocycles. The Labute approximate surface area is 145 Å². The molecule has 2 aliphatic rings. The Morgan fingerprint density at radius 3 is 2.92 bits per heavy atom. The molecule has 2 fully saturated rings. The van der Waals surface area contributed by atoms with E-state index in [1.807, 2.05) is 37.3 Å². The van der Waals surface area contributed by atoms with Crippen LogP contribution in [0.4, 0.5) is 4.79 Å². The number of benzene rings is 1. The first kappa shape index (κ1) is 16.0. The highest BCUT2D eigenvalue weighted by Crippen LogP contribution is 2.48. The van der Waals surface area contributed by atoms with Gasteiger partial charge in [0, 0.05) is 18.5 Å². The van der Waals surface area contributed by atoms with Crippen molar-refractivity contribution >= 4 is 23.0 Å². The number of likely N-dealkylation sites (tertiary alicyclic amines) is 1. The minimum atomic E-state index is -0.768. The van der Waals surface area contributed by atoms with E-state index in [-0.39, 0.29) is 18.0 Å². The van der Waals surface area contributed by atoms with Gasteiger partial charge in [-0.1, -0.05) is 24.6 Å². The monoisotopic (exact) mass is 342 g/mol. The number of nitrogens with one attached hydrogen (secondary N) is 1. The van der Waals surface area contributed by atoms with Gasteiger partial charge < -0.3 is 19.7 Å². The number of hydrogen-bond donors (Lipinski definition) is 2. The number of nitrogens with zero attached hydrogens (tertiary/aromatic N) is 1. The summed E-state index contributed by atoms with van der Waals surface area (Å²) in [7, 11) is 0. The van der Waals surface area contributed by atoms with Crippen LogP contribution in [0, 0.1) is 11.3 Å². The van der Waals surface area contributed by atoms with E-state index < -0.39 is 11.4 Å². The van der Waals surface area contributed by atoms with Crippen LogP contribution >= 0.6 is 0 Å². The average molecular weight is 342 g/mol. The van der Waals surface area contributed by atoms with Gasteiger partial charge in [0.05, 0.1) is 11.5 Å². The molecule has 132 valence electrons. The van der Waals surface area contributed by atoms with E-state index in [0.717, 1.165) is 23.8 Å². The van der Waals surface area contributed by atoms with Gasteiger partial charge in [0.25, 0.3) is 0 Å². The smallest absolute Gasteiger partial charge is 0.318 e. The molecule has 2 N–H and O–H groups in total. The lowest BCUT2D eigenvalue weighted by molar-refractivity contribution is -0.149. The van der Waals surface area contributed by atoms with Crippen molar-refractivity contribution in [2.45, 2.75) is 32.2 Å². The molecule has 1 aromatic heterocycles. The highest BCUT2D eigenvalue weighted by Gasteiger charge is 2.55. The lowest BCUT2D eigenvalue weighted by atomic mass is 9.81. The van der Waals surface area contributed by atoms with Gasteiger partial charge in [0.1, 0.15) is 11.3 Å². The maximum absolute atomic E-state index is 12.6. The van der Waals surface area contributed by atoms with Crippen LogP contribution in [0.25, 0.3) is 11.0 Å². The quantitative estimate of drug-likeness (QED) is 0.896. The standard InChI is InChI=1S/C19H22N2O4/c1-12(16-9-13-5-2-3-7-15(13)25-16)20-18(24)21-10-14-6-4-8-19(14,11-21)17(22)23/h2-3,5,7,9,12,14H,4,6,8,10-11H2,1H3,(H,20,24)(H,22,23)/t12?,14-,19+/m0/s1. The van der Waals surface area contributed by atoms with E-state index >= 15 is 0 Å². The molecule has 2 aromatic rings. The zero-order chi connectivity index (χ0) is 17.6. The molecule has 4 rings (SSSR count). The molecule has 1 aromatic carbocycles. The highest BCUT2D eigenvalue weighted by atomic mass is 16.4. The zero-order valence-electron chi connectivity index (χ0n) is 14.2. The fourth-order valence-corrected chi connectivity index (χ4v) is 4.36. The lowest BCUT2D eigenvalue weighted by Crippen LogP contribution is -2.42. The maximum atomic E-state index is 12.6. The van der Waals surface area contributed by atoms with E-state index in [2.05, 4.69) is 5.32 Å². The third kappa shape index (κ3) is 2.56. The molecule has 6 nitrogen and oxygen atoms in total. The van der Waals surface area contributed by atoms with Crippen LogP contribution in [0.5, 0.6) is 0 Å². The Kier molecular flexibility index (Phi) is 3.71. The van der Waals surface area contributed by atoms with Gasteiger partial charge in [0.15, 0.2) is 0 Å².